The number of hydrogen-bond donors (Lipinski definition) is 1. The normalized spacial score (nSPS) is 25.9. The number of aliphatic carboxylic acids is 1. The van der Waals surface area contributed by atoms with Crippen molar-refractivity contribution in [2.75, 3.05) is 0 Å². The maximum absolute atomic E-state index is 11.4. The van der Waals surface area contributed by atoms with Crippen LogP contribution in [0.25, 0.3) is 0 Å². The van der Waals surface area contributed by atoms with E-state index in [1.54, 1.807) is 0 Å². The minimum Gasteiger partial charge on any atom is -0.480 e. The maximum Gasteiger partial charge on any atom is 0.332 e. The van der Waals surface area contributed by atoms with Crippen LogP contribution in [-0.4, -0.2) is 44.8 Å². The van der Waals surface area contributed by atoms with Gasteiger partial charge < -0.3 is 5.11 Å². The van der Waals surface area contributed by atoms with E-state index in [1.165, 1.54) is 6.92 Å². The zero-order valence-electron chi connectivity index (χ0n) is 8.41. The van der Waals surface area contributed by atoms with Gasteiger partial charge in [0.25, 0.3) is 0 Å². The second kappa shape index (κ2) is 3.56. The van der Waals surface area contributed by atoms with E-state index in [9.17, 15) is 14.4 Å². The van der Waals surface area contributed by atoms with Gasteiger partial charge >= 0.3 is 5.97 Å². The van der Waals surface area contributed by atoms with Gasteiger partial charge in [-0.2, -0.15) is 5.01 Å². The van der Waals surface area contributed by atoms with Crippen LogP contribution in [0.5, 0.6) is 0 Å². The molecule has 2 rings (SSSR count). The molecule has 0 bridgehead atoms. The summed E-state index contributed by atoms with van der Waals surface area (Å²) < 4.78 is 0. The van der Waals surface area contributed by atoms with Gasteiger partial charge in [-0.05, 0) is 6.92 Å². The maximum atomic E-state index is 11.4. The molecule has 16 heavy (non-hydrogen) atoms. The SMILES string of the molecule is CC1=NON(N2C(=O)CCC2=O)C1C(=O)O. The number of hydrazine groups is 1. The van der Waals surface area contributed by atoms with Crippen molar-refractivity contribution >= 4 is 23.5 Å². The molecule has 2 amide bonds. The molecule has 2 aliphatic rings. The molecule has 0 aromatic carbocycles. The van der Waals surface area contributed by atoms with Crippen molar-refractivity contribution in [2.24, 2.45) is 5.16 Å². The summed E-state index contributed by atoms with van der Waals surface area (Å²) in [5, 5.41) is 13.8. The Bertz CT molecular complexity index is 388. The molecule has 8 nitrogen and oxygen atoms in total. The lowest BCUT2D eigenvalue weighted by Crippen LogP contribution is -2.52. The van der Waals surface area contributed by atoms with Crippen LogP contribution in [-0.2, 0) is 19.3 Å². The third kappa shape index (κ3) is 1.43. The van der Waals surface area contributed by atoms with Crippen molar-refractivity contribution in [2.45, 2.75) is 25.8 Å². The Hall–Kier alpha value is -1.96. The van der Waals surface area contributed by atoms with E-state index in [0.717, 1.165) is 0 Å². The smallest absolute Gasteiger partial charge is 0.332 e. The number of rotatable bonds is 2. The fourth-order valence-corrected chi connectivity index (χ4v) is 1.57. The van der Waals surface area contributed by atoms with Crippen LogP contribution < -0.4 is 0 Å². The second-order valence-electron chi connectivity index (χ2n) is 3.46. The largest absolute Gasteiger partial charge is 0.480 e. The fourth-order valence-electron chi connectivity index (χ4n) is 1.57. The van der Waals surface area contributed by atoms with E-state index < -0.39 is 23.8 Å². The molecule has 1 saturated heterocycles. The van der Waals surface area contributed by atoms with Crippen molar-refractivity contribution in [1.29, 1.82) is 0 Å². The first kappa shape index (κ1) is 10.6. The van der Waals surface area contributed by atoms with Gasteiger partial charge in [0.2, 0.25) is 17.9 Å². The zero-order valence-corrected chi connectivity index (χ0v) is 8.41. The summed E-state index contributed by atoms with van der Waals surface area (Å²) in [4.78, 5) is 38.4. The van der Waals surface area contributed by atoms with Gasteiger partial charge in [-0.1, -0.05) is 5.16 Å². The van der Waals surface area contributed by atoms with Crippen LogP contribution >= 0.6 is 0 Å². The molecule has 1 fully saturated rings. The van der Waals surface area contributed by atoms with Crippen LogP contribution in [0.4, 0.5) is 0 Å². The van der Waals surface area contributed by atoms with Crippen molar-refractivity contribution in [3.63, 3.8) is 0 Å². The monoisotopic (exact) mass is 227 g/mol. The molecule has 2 heterocycles. The van der Waals surface area contributed by atoms with Gasteiger partial charge in [0, 0.05) is 18.0 Å². The second-order valence-corrected chi connectivity index (χ2v) is 3.46. The number of oxime groups is 1. The molecule has 1 unspecified atom stereocenters. The highest BCUT2D eigenvalue weighted by atomic mass is 16.8. The lowest BCUT2D eigenvalue weighted by atomic mass is 10.2. The highest BCUT2D eigenvalue weighted by Gasteiger charge is 2.46. The average Bonchev–Trinajstić information content (AvgIpc) is 2.70. The van der Waals surface area contributed by atoms with Crippen molar-refractivity contribution in [1.82, 2.24) is 10.2 Å². The predicted octanol–water partition coefficient (Wildman–Crippen LogP) is -0.873. The van der Waals surface area contributed by atoms with E-state index in [2.05, 4.69) is 10.1 Å². The minimum absolute atomic E-state index is 0.0596. The summed E-state index contributed by atoms with van der Waals surface area (Å²) in [6.07, 6.45) is 0.119. The number of carboxylic acids is 1. The van der Waals surface area contributed by atoms with Crippen molar-refractivity contribution < 1.29 is 24.4 Å². The molecule has 8 heteroatoms. The number of hydroxylamine groups is 1. The van der Waals surface area contributed by atoms with Gasteiger partial charge in [0.05, 0.1) is 5.71 Å². The molecule has 0 aromatic rings. The highest BCUT2D eigenvalue weighted by Crippen LogP contribution is 2.22. The molecule has 0 spiro atoms. The summed E-state index contributed by atoms with van der Waals surface area (Å²) in [5.74, 6) is -2.20. The number of nitrogens with zero attached hydrogens (tertiary/aromatic N) is 3. The Kier molecular flexibility index (Phi) is 2.35. The van der Waals surface area contributed by atoms with Crippen molar-refractivity contribution in [3.8, 4) is 0 Å². The van der Waals surface area contributed by atoms with E-state index in [1.807, 2.05) is 0 Å². The first-order valence-corrected chi connectivity index (χ1v) is 4.61. The molecule has 0 aliphatic carbocycles. The molecule has 0 radical (unpaired) electrons. The highest BCUT2D eigenvalue weighted by molar-refractivity contribution is 6.06. The van der Waals surface area contributed by atoms with Crippen LogP contribution in [0.3, 0.4) is 0 Å². The molecule has 86 valence electrons. The number of carbonyl (C=O) groups is 3. The Morgan fingerprint density at radius 2 is 2.00 bits per heavy atom. The number of carboxylic acid groups (broad SMARTS) is 1. The quantitative estimate of drug-likeness (QED) is 0.615. The predicted molar refractivity (Wildman–Crippen MR) is 48.5 cm³/mol. The number of amides is 2. The lowest BCUT2D eigenvalue weighted by Gasteiger charge is -2.24. The Balaban J connectivity index is 2.25. The summed E-state index contributed by atoms with van der Waals surface area (Å²) in [6.45, 7) is 1.45. The van der Waals surface area contributed by atoms with Gasteiger partial charge in [0.15, 0.2) is 0 Å². The fraction of sp³-hybridized carbons (Fsp3) is 0.500. The first-order chi connectivity index (χ1) is 7.52. The number of imide groups is 1. The molecular weight excluding hydrogens is 218 g/mol. The number of carbonyl (C=O) groups excluding carboxylic acids is 2. The molecule has 0 aromatic heterocycles. The van der Waals surface area contributed by atoms with E-state index in [-0.39, 0.29) is 18.6 Å². The van der Waals surface area contributed by atoms with Crippen LogP contribution in [0.1, 0.15) is 19.8 Å². The Morgan fingerprint density at radius 3 is 2.50 bits per heavy atom. The van der Waals surface area contributed by atoms with Gasteiger partial charge in [-0.3, -0.25) is 14.5 Å². The third-order valence-corrected chi connectivity index (χ3v) is 2.34. The topological polar surface area (TPSA) is 99.5 Å². The summed E-state index contributed by atoms with van der Waals surface area (Å²) in [6, 6.07) is -1.23. The molecule has 2 aliphatic heterocycles. The Morgan fingerprint density at radius 1 is 1.44 bits per heavy atom. The molecule has 1 N–H and O–H groups in total. The van der Waals surface area contributed by atoms with Gasteiger partial charge in [0.1, 0.15) is 0 Å². The summed E-state index contributed by atoms with van der Waals surface area (Å²) >= 11 is 0. The lowest BCUT2D eigenvalue weighted by molar-refractivity contribution is -0.261. The van der Waals surface area contributed by atoms with Crippen LogP contribution in [0.15, 0.2) is 5.16 Å². The van der Waals surface area contributed by atoms with Gasteiger partial charge in [-0.15, -0.1) is 0 Å². The first-order valence-electron chi connectivity index (χ1n) is 4.61. The summed E-state index contributed by atoms with van der Waals surface area (Å²) in [5.41, 5.74) is 0.181. The molecule has 1 atom stereocenters. The van der Waals surface area contributed by atoms with E-state index in [0.29, 0.717) is 10.2 Å². The molecular formula is C8H9N3O5. The van der Waals surface area contributed by atoms with E-state index in [4.69, 9.17) is 5.11 Å². The van der Waals surface area contributed by atoms with Gasteiger partial charge in [-0.25, -0.2) is 4.79 Å². The Labute approximate surface area is 90.0 Å². The standard InChI is InChI=1S/C8H9N3O5/c1-4-7(8(14)15)11(16-9-4)10-5(12)2-3-6(10)13/h7H,2-3H2,1H3,(H,14,15). The minimum atomic E-state index is -1.23. The van der Waals surface area contributed by atoms with Crippen LogP contribution in [0, 0.1) is 0 Å². The average molecular weight is 227 g/mol. The van der Waals surface area contributed by atoms with Crippen LogP contribution in [0.2, 0.25) is 0 Å². The summed E-state index contributed by atoms with van der Waals surface area (Å²) in [7, 11) is 0. The third-order valence-electron chi connectivity index (χ3n) is 2.34. The van der Waals surface area contributed by atoms with Crippen molar-refractivity contribution in [3.05, 3.63) is 0 Å². The van der Waals surface area contributed by atoms with E-state index >= 15 is 0 Å². The number of hydrogen-bond acceptors (Lipinski definition) is 6. The molecule has 0 saturated carbocycles. The zero-order chi connectivity index (χ0) is 11.9.